The van der Waals surface area contributed by atoms with E-state index in [1.165, 1.54) is 5.57 Å². The minimum absolute atomic E-state index is 0.512. The van der Waals surface area contributed by atoms with E-state index in [2.05, 4.69) is 45.2 Å². The molecule has 0 fully saturated rings. The Morgan fingerprint density at radius 1 is 1.10 bits per heavy atom. The summed E-state index contributed by atoms with van der Waals surface area (Å²) in [5.41, 5.74) is 2.53. The van der Waals surface area contributed by atoms with Gasteiger partial charge in [-0.3, -0.25) is 0 Å². The first-order chi connectivity index (χ1) is 9.97. The minimum atomic E-state index is 0.512. The van der Waals surface area contributed by atoms with Crippen molar-refractivity contribution in [2.75, 3.05) is 27.3 Å². The van der Waals surface area contributed by atoms with Gasteiger partial charge < -0.3 is 14.8 Å². The maximum Gasteiger partial charge on any atom is 0.161 e. The maximum atomic E-state index is 5.36. The molecule has 0 saturated carbocycles. The molecular weight excluding hydrogens is 262 g/mol. The van der Waals surface area contributed by atoms with Crippen LogP contribution in [0.5, 0.6) is 11.5 Å². The van der Waals surface area contributed by atoms with Crippen LogP contribution in [-0.4, -0.2) is 27.3 Å². The minimum Gasteiger partial charge on any atom is -0.493 e. The van der Waals surface area contributed by atoms with E-state index < -0.39 is 0 Å². The van der Waals surface area contributed by atoms with Gasteiger partial charge in [0.25, 0.3) is 0 Å². The zero-order chi connectivity index (χ0) is 15.8. The Morgan fingerprint density at radius 2 is 1.76 bits per heavy atom. The molecule has 0 aliphatic heterocycles. The van der Waals surface area contributed by atoms with E-state index in [0.717, 1.165) is 30.2 Å². The average Bonchev–Trinajstić information content (AvgIpc) is 2.45. The normalized spacial score (nSPS) is 12.1. The first kappa shape index (κ1) is 17.6. The Bertz CT molecular complexity index is 464. The van der Waals surface area contributed by atoms with Gasteiger partial charge in [0.1, 0.15) is 0 Å². The monoisotopic (exact) mass is 291 g/mol. The molecule has 1 rings (SSSR count). The Hall–Kier alpha value is -1.48. The SMILES string of the molecule is COc1ccc(C=C(CNCC(C)C)C(C)C)cc1OC. The van der Waals surface area contributed by atoms with Crippen LogP contribution in [0.3, 0.4) is 0 Å². The number of methoxy groups -OCH3 is 2. The second-order valence-corrected chi connectivity index (χ2v) is 6.01. The summed E-state index contributed by atoms with van der Waals surface area (Å²) in [5, 5.41) is 3.51. The van der Waals surface area contributed by atoms with Crippen LogP contribution in [0.1, 0.15) is 33.3 Å². The highest BCUT2D eigenvalue weighted by Crippen LogP contribution is 2.28. The van der Waals surface area contributed by atoms with Gasteiger partial charge in [-0.1, -0.05) is 45.4 Å². The van der Waals surface area contributed by atoms with E-state index in [0.29, 0.717) is 11.8 Å². The van der Waals surface area contributed by atoms with Crippen molar-refractivity contribution in [1.82, 2.24) is 5.32 Å². The summed E-state index contributed by atoms with van der Waals surface area (Å²) in [5.74, 6) is 2.71. The van der Waals surface area contributed by atoms with Gasteiger partial charge in [0.05, 0.1) is 14.2 Å². The fourth-order valence-electron chi connectivity index (χ4n) is 2.08. The van der Waals surface area contributed by atoms with Crippen molar-refractivity contribution >= 4 is 6.08 Å². The van der Waals surface area contributed by atoms with Crippen LogP contribution in [0.2, 0.25) is 0 Å². The van der Waals surface area contributed by atoms with Crippen LogP contribution in [0.25, 0.3) is 6.08 Å². The molecule has 0 aliphatic rings. The third-order valence-electron chi connectivity index (χ3n) is 3.38. The lowest BCUT2D eigenvalue weighted by molar-refractivity contribution is 0.355. The zero-order valence-electron chi connectivity index (χ0n) is 14.2. The van der Waals surface area contributed by atoms with Crippen LogP contribution in [0, 0.1) is 11.8 Å². The number of rotatable bonds is 8. The van der Waals surface area contributed by atoms with Gasteiger partial charge in [0, 0.05) is 6.54 Å². The Kier molecular flexibility index (Phi) is 7.30. The van der Waals surface area contributed by atoms with Gasteiger partial charge in [-0.2, -0.15) is 0 Å². The second-order valence-electron chi connectivity index (χ2n) is 6.01. The predicted molar refractivity (Wildman–Crippen MR) is 90.1 cm³/mol. The summed E-state index contributed by atoms with van der Waals surface area (Å²) in [4.78, 5) is 0. The highest BCUT2D eigenvalue weighted by Gasteiger charge is 2.07. The number of ether oxygens (including phenoxy) is 2. The van der Waals surface area contributed by atoms with Gasteiger partial charge in [-0.25, -0.2) is 0 Å². The molecule has 1 aromatic rings. The van der Waals surface area contributed by atoms with E-state index in [9.17, 15) is 0 Å². The fourth-order valence-corrected chi connectivity index (χ4v) is 2.08. The number of benzene rings is 1. The largest absolute Gasteiger partial charge is 0.493 e. The second kappa shape index (κ2) is 8.73. The van der Waals surface area contributed by atoms with E-state index in [4.69, 9.17) is 9.47 Å². The molecule has 0 spiro atoms. The summed E-state index contributed by atoms with van der Waals surface area (Å²) in [7, 11) is 3.32. The van der Waals surface area contributed by atoms with Gasteiger partial charge in [0.15, 0.2) is 11.5 Å². The predicted octanol–water partition coefficient (Wildman–Crippen LogP) is 3.99. The van der Waals surface area contributed by atoms with Crippen molar-refractivity contribution < 1.29 is 9.47 Å². The van der Waals surface area contributed by atoms with Crippen molar-refractivity contribution in [3.63, 3.8) is 0 Å². The molecule has 0 amide bonds. The standard InChI is InChI=1S/C18H29NO2/c1-13(2)11-19-12-16(14(3)4)9-15-7-8-17(20-5)18(10-15)21-6/h7-10,13-14,19H,11-12H2,1-6H3. The maximum absolute atomic E-state index is 5.36. The summed E-state index contributed by atoms with van der Waals surface area (Å²) >= 11 is 0. The molecule has 3 nitrogen and oxygen atoms in total. The molecule has 0 saturated heterocycles. The Morgan fingerprint density at radius 3 is 2.29 bits per heavy atom. The molecule has 0 unspecified atom stereocenters. The molecule has 3 heteroatoms. The molecule has 0 aromatic heterocycles. The van der Waals surface area contributed by atoms with Crippen molar-refractivity contribution in [1.29, 1.82) is 0 Å². The van der Waals surface area contributed by atoms with Crippen LogP contribution >= 0.6 is 0 Å². The molecule has 0 radical (unpaired) electrons. The zero-order valence-corrected chi connectivity index (χ0v) is 14.2. The highest BCUT2D eigenvalue weighted by atomic mass is 16.5. The molecule has 0 atom stereocenters. The third-order valence-corrected chi connectivity index (χ3v) is 3.38. The van der Waals surface area contributed by atoms with E-state index >= 15 is 0 Å². The van der Waals surface area contributed by atoms with Gasteiger partial charge in [0.2, 0.25) is 0 Å². The molecular formula is C18H29NO2. The first-order valence-electron chi connectivity index (χ1n) is 7.61. The lowest BCUT2D eigenvalue weighted by atomic mass is 10.00. The number of hydrogen-bond acceptors (Lipinski definition) is 3. The van der Waals surface area contributed by atoms with Crippen LogP contribution in [0.15, 0.2) is 23.8 Å². The van der Waals surface area contributed by atoms with Crippen molar-refractivity contribution in [3.8, 4) is 11.5 Å². The quantitative estimate of drug-likeness (QED) is 0.785. The van der Waals surface area contributed by atoms with Crippen molar-refractivity contribution in [2.45, 2.75) is 27.7 Å². The average molecular weight is 291 g/mol. The van der Waals surface area contributed by atoms with E-state index in [-0.39, 0.29) is 0 Å². The lowest BCUT2D eigenvalue weighted by Crippen LogP contribution is -2.23. The van der Waals surface area contributed by atoms with Crippen molar-refractivity contribution in [3.05, 3.63) is 29.3 Å². The van der Waals surface area contributed by atoms with Crippen LogP contribution in [0.4, 0.5) is 0 Å². The molecule has 1 aromatic carbocycles. The lowest BCUT2D eigenvalue weighted by Gasteiger charge is -2.15. The Balaban J connectivity index is 2.89. The summed E-state index contributed by atoms with van der Waals surface area (Å²) in [6, 6.07) is 6.03. The fraction of sp³-hybridized carbons (Fsp3) is 0.556. The van der Waals surface area contributed by atoms with Crippen molar-refractivity contribution in [2.24, 2.45) is 11.8 Å². The van der Waals surface area contributed by atoms with E-state index in [1.54, 1.807) is 14.2 Å². The topological polar surface area (TPSA) is 30.5 Å². The van der Waals surface area contributed by atoms with Crippen LogP contribution < -0.4 is 14.8 Å². The molecule has 0 aliphatic carbocycles. The van der Waals surface area contributed by atoms with Gasteiger partial charge in [-0.05, 0) is 36.1 Å². The van der Waals surface area contributed by atoms with Crippen LogP contribution in [-0.2, 0) is 0 Å². The van der Waals surface area contributed by atoms with Gasteiger partial charge in [-0.15, -0.1) is 0 Å². The molecule has 21 heavy (non-hydrogen) atoms. The molecule has 0 bridgehead atoms. The molecule has 118 valence electrons. The van der Waals surface area contributed by atoms with Gasteiger partial charge >= 0.3 is 0 Å². The number of nitrogens with one attached hydrogen (secondary N) is 1. The van der Waals surface area contributed by atoms with E-state index in [1.807, 2.05) is 12.1 Å². The highest BCUT2D eigenvalue weighted by molar-refractivity contribution is 5.58. The first-order valence-corrected chi connectivity index (χ1v) is 7.61. The summed E-state index contributed by atoms with van der Waals surface area (Å²) < 4.78 is 10.6. The smallest absolute Gasteiger partial charge is 0.161 e. The summed E-state index contributed by atoms with van der Waals surface area (Å²) in [6.45, 7) is 10.9. The molecule has 1 N–H and O–H groups in total. The molecule has 0 heterocycles. The Labute approximate surface area is 129 Å². The summed E-state index contributed by atoms with van der Waals surface area (Å²) in [6.07, 6.45) is 2.24. The number of hydrogen-bond donors (Lipinski definition) is 1. The third kappa shape index (κ3) is 5.80.